The lowest BCUT2D eigenvalue weighted by atomic mass is 10.1. The first kappa shape index (κ1) is 53.6. The van der Waals surface area contributed by atoms with Crippen LogP contribution in [0.4, 0.5) is 0 Å². The van der Waals surface area contributed by atoms with Gasteiger partial charge in [0.05, 0.1) is 0 Å². The second-order valence-corrected chi connectivity index (χ2v) is 14.9. The molecule has 1 atom stereocenters. The van der Waals surface area contributed by atoms with Crippen molar-refractivity contribution in [1.82, 2.24) is 0 Å². The molecule has 6 nitrogen and oxygen atoms in total. The minimum atomic E-state index is -0.815. The maximum atomic E-state index is 12.6. The molecule has 0 radical (unpaired) electrons. The Morgan fingerprint density at radius 1 is 0.368 bits per heavy atom. The van der Waals surface area contributed by atoms with Crippen molar-refractivity contribution in [3.63, 3.8) is 0 Å². The van der Waals surface area contributed by atoms with Gasteiger partial charge >= 0.3 is 17.9 Å². The number of hydrogen-bond donors (Lipinski definition) is 0. The zero-order chi connectivity index (χ0) is 41.5. The highest BCUT2D eigenvalue weighted by Gasteiger charge is 2.19. The number of unbranched alkanes of at least 4 members (excludes halogenated alkanes) is 15. The van der Waals surface area contributed by atoms with Crippen molar-refractivity contribution in [3.8, 4) is 0 Å². The van der Waals surface area contributed by atoms with E-state index in [0.717, 1.165) is 103 Å². The first-order valence-electron chi connectivity index (χ1n) is 23.1. The van der Waals surface area contributed by atoms with Gasteiger partial charge in [-0.2, -0.15) is 0 Å². The fourth-order valence-electron chi connectivity index (χ4n) is 5.93. The van der Waals surface area contributed by atoms with Gasteiger partial charge in [-0.1, -0.05) is 183 Å². The second-order valence-electron chi connectivity index (χ2n) is 14.9. The third kappa shape index (κ3) is 43.6. The number of carbonyl (C=O) groups is 3. The molecular weight excluding hydrogens is 709 g/mol. The van der Waals surface area contributed by atoms with E-state index in [9.17, 15) is 14.4 Å². The maximum absolute atomic E-state index is 12.6. The van der Waals surface area contributed by atoms with Crippen LogP contribution in [0.3, 0.4) is 0 Å². The van der Waals surface area contributed by atoms with E-state index in [2.05, 4.69) is 93.7 Å². The van der Waals surface area contributed by atoms with Gasteiger partial charge in [0.15, 0.2) is 6.10 Å². The summed E-state index contributed by atoms with van der Waals surface area (Å²) in [6, 6.07) is 0. The predicted octanol–water partition coefficient (Wildman–Crippen LogP) is 14.9. The molecule has 57 heavy (non-hydrogen) atoms. The highest BCUT2D eigenvalue weighted by Crippen LogP contribution is 2.12. The van der Waals surface area contributed by atoms with Crippen LogP contribution in [0.25, 0.3) is 0 Å². The molecule has 0 spiro atoms. The SMILES string of the molecule is CC/C=C\C/C=C\C/C=C\C/C=C\CCC(=O)OC(COC(=O)CCCCCCC)COC(=O)CCCCCCCC/C=C\C/C=C\C/C=C\CCCCCCC. The number of hydrogen-bond acceptors (Lipinski definition) is 6. The van der Waals surface area contributed by atoms with Crippen molar-refractivity contribution in [2.45, 2.75) is 207 Å². The minimum absolute atomic E-state index is 0.111. The van der Waals surface area contributed by atoms with Crippen molar-refractivity contribution in [2.24, 2.45) is 0 Å². The number of carbonyl (C=O) groups excluding carboxylic acids is 3. The average molecular weight is 793 g/mol. The zero-order valence-electron chi connectivity index (χ0n) is 36.8. The molecule has 0 saturated carbocycles. The third-order valence-corrected chi connectivity index (χ3v) is 9.40. The first-order chi connectivity index (χ1) is 28.0. The van der Waals surface area contributed by atoms with Gasteiger partial charge in [0, 0.05) is 19.3 Å². The quantitative estimate of drug-likeness (QED) is 0.0266. The second kappa shape index (κ2) is 45.3. The Kier molecular flexibility index (Phi) is 42.6. The fourth-order valence-corrected chi connectivity index (χ4v) is 5.93. The van der Waals surface area contributed by atoms with Crippen LogP contribution in [0.15, 0.2) is 85.1 Å². The molecular formula is C51H84O6. The fraction of sp³-hybridized carbons (Fsp3) is 0.667. The average Bonchev–Trinajstić information content (AvgIpc) is 3.21. The van der Waals surface area contributed by atoms with Gasteiger partial charge < -0.3 is 14.2 Å². The molecule has 1 unspecified atom stereocenters. The molecule has 0 aromatic carbocycles. The van der Waals surface area contributed by atoms with Crippen LogP contribution in [0.1, 0.15) is 201 Å². The molecule has 0 fully saturated rings. The molecule has 0 aliphatic carbocycles. The summed E-state index contributed by atoms with van der Waals surface area (Å²) >= 11 is 0. The highest BCUT2D eigenvalue weighted by atomic mass is 16.6. The monoisotopic (exact) mass is 793 g/mol. The third-order valence-electron chi connectivity index (χ3n) is 9.40. The minimum Gasteiger partial charge on any atom is -0.462 e. The van der Waals surface area contributed by atoms with Gasteiger partial charge in [-0.15, -0.1) is 0 Å². The topological polar surface area (TPSA) is 78.9 Å². The van der Waals surface area contributed by atoms with Gasteiger partial charge in [-0.3, -0.25) is 14.4 Å². The Morgan fingerprint density at radius 2 is 0.719 bits per heavy atom. The number of esters is 3. The molecule has 0 N–H and O–H groups in total. The lowest BCUT2D eigenvalue weighted by Crippen LogP contribution is -2.30. The highest BCUT2D eigenvalue weighted by molar-refractivity contribution is 5.71. The van der Waals surface area contributed by atoms with Crippen LogP contribution in [-0.2, 0) is 28.6 Å². The summed E-state index contributed by atoms with van der Waals surface area (Å²) in [5.74, 6) is -1.03. The van der Waals surface area contributed by atoms with E-state index >= 15 is 0 Å². The van der Waals surface area contributed by atoms with Gasteiger partial charge in [0.1, 0.15) is 13.2 Å². The van der Waals surface area contributed by atoms with Crippen molar-refractivity contribution in [1.29, 1.82) is 0 Å². The number of rotatable bonds is 40. The smallest absolute Gasteiger partial charge is 0.306 e. The summed E-state index contributed by atoms with van der Waals surface area (Å²) in [4.78, 5) is 37.4. The summed E-state index contributed by atoms with van der Waals surface area (Å²) in [5.41, 5.74) is 0. The number of ether oxygens (including phenoxy) is 3. The van der Waals surface area contributed by atoms with Crippen LogP contribution in [0.2, 0.25) is 0 Å². The molecule has 0 amide bonds. The van der Waals surface area contributed by atoms with Crippen molar-refractivity contribution in [2.75, 3.05) is 13.2 Å². The molecule has 0 aromatic heterocycles. The van der Waals surface area contributed by atoms with E-state index in [0.29, 0.717) is 19.3 Å². The Morgan fingerprint density at radius 3 is 1.14 bits per heavy atom. The molecule has 6 heteroatoms. The molecule has 324 valence electrons. The summed E-state index contributed by atoms with van der Waals surface area (Å²) in [6.45, 7) is 6.32. The standard InChI is InChI=1S/C51H84O6/c1-4-7-10-13-15-17-19-21-22-23-24-25-26-27-28-30-31-33-35-38-41-44-50(53)56-47-48(46-55-49(52)43-40-37-12-9-6-3)57-51(54)45-42-39-36-34-32-29-20-18-16-14-11-8-5-2/h8,11,16,18-19,21,23-24,26-27,29,32,36,39,48H,4-7,9-10,12-15,17,20,22,25,28,30-31,33-35,37-38,40-47H2,1-3H3/b11-8-,18-16-,21-19-,24-23-,27-26-,32-29-,39-36-. The molecule has 0 aromatic rings. The number of allylic oxidation sites excluding steroid dienone is 14. The largest absolute Gasteiger partial charge is 0.462 e. The van der Waals surface area contributed by atoms with E-state index in [1.807, 2.05) is 12.2 Å². The zero-order valence-corrected chi connectivity index (χ0v) is 36.8. The van der Waals surface area contributed by atoms with Crippen molar-refractivity contribution in [3.05, 3.63) is 85.1 Å². The van der Waals surface area contributed by atoms with Crippen molar-refractivity contribution >= 4 is 17.9 Å². The molecule has 0 aliphatic rings. The summed E-state index contributed by atoms with van der Waals surface area (Å²) in [6.07, 6.45) is 57.6. The molecule has 0 saturated heterocycles. The molecule has 0 aliphatic heterocycles. The van der Waals surface area contributed by atoms with Crippen LogP contribution >= 0.6 is 0 Å². The summed E-state index contributed by atoms with van der Waals surface area (Å²) in [5, 5.41) is 0. The van der Waals surface area contributed by atoms with Gasteiger partial charge in [0.25, 0.3) is 0 Å². The predicted molar refractivity (Wildman–Crippen MR) is 242 cm³/mol. The Labute approximate surface area is 350 Å². The summed E-state index contributed by atoms with van der Waals surface area (Å²) in [7, 11) is 0. The van der Waals surface area contributed by atoms with Gasteiger partial charge in [-0.05, 0) is 83.5 Å². The van der Waals surface area contributed by atoms with Gasteiger partial charge in [-0.25, -0.2) is 0 Å². The first-order valence-corrected chi connectivity index (χ1v) is 23.1. The Balaban J connectivity index is 4.29. The maximum Gasteiger partial charge on any atom is 0.306 e. The normalized spacial score (nSPS) is 12.8. The van der Waals surface area contributed by atoms with E-state index in [1.54, 1.807) is 0 Å². The van der Waals surface area contributed by atoms with E-state index < -0.39 is 12.1 Å². The van der Waals surface area contributed by atoms with Crippen LogP contribution in [0.5, 0.6) is 0 Å². The summed E-state index contributed by atoms with van der Waals surface area (Å²) < 4.78 is 16.5. The van der Waals surface area contributed by atoms with E-state index in [4.69, 9.17) is 14.2 Å². The van der Waals surface area contributed by atoms with Crippen LogP contribution in [0, 0.1) is 0 Å². The van der Waals surface area contributed by atoms with E-state index in [1.165, 1.54) is 51.4 Å². The van der Waals surface area contributed by atoms with Gasteiger partial charge in [0.2, 0.25) is 0 Å². The Bertz CT molecular complexity index is 1140. The Hall–Kier alpha value is -3.41. The van der Waals surface area contributed by atoms with Crippen LogP contribution in [-0.4, -0.2) is 37.2 Å². The lowest BCUT2D eigenvalue weighted by molar-refractivity contribution is -0.166. The van der Waals surface area contributed by atoms with E-state index in [-0.39, 0.29) is 31.6 Å². The molecule has 0 heterocycles. The van der Waals surface area contributed by atoms with Crippen LogP contribution < -0.4 is 0 Å². The molecule has 0 rings (SSSR count). The lowest BCUT2D eigenvalue weighted by Gasteiger charge is -2.18. The molecule has 0 bridgehead atoms. The van der Waals surface area contributed by atoms with Crippen molar-refractivity contribution < 1.29 is 28.6 Å².